The molecule has 0 aromatic carbocycles. The summed E-state index contributed by atoms with van der Waals surface area (Å²) in [5, 5.41) is 10.6. The minimum absolute atomic E-state index is 0.0353. The Labute approximate surface area is 231 Å². The van der Waals surface area contributed by atoms with E-state index in [2.05, 4.69) is 103 Å². The first-order valence-electron chi connectivity index (χ1n) is 13.9. The first-order chi connectivity index (χ1) is 17.3. The van der Waals surface area contributed by atoms with Crippen LogP contribution in [-0.4, -0.2) is 75.0 Å². The summed E-state index contributed by atoms with van der Waals surface area (Å²) in [5.41, 5.74) is 2.87. The van der Waals surface area contributed by atoms with E-state index in [9.17, 15) is 4.79 Å². The van der Waals surface area contributed by atoms with Crippen LogP contribution >= 0.6 is 0 Å². The average molecular weight is 534 g/mol. The van der Waals surface area contributed by atoms with E-state index in [4.69, 9.17) is 9.26 Å². The van der Waals surface area contributed by atoms with Crippen LogP contribution in [0.1, 0.15) is 107 Å². The molecule has 2 aromatic heterocycles. The summed E-state index contributed by atoms with van der Waals surface area (Å²) in [7, 11) is 0. The fraction of sp³-hybridized carbons (Fsp3) is 0.767. The molecule has 0 bridgehead atoms. The molecule has 2 aliphatic rings. The largest absolute Gasteiger partial charge is 0.379 e. The van der Waals surface area contributed by atoms with Gasteiger partial charge in [-0.25, -0.2) is 0 Å². The fourth-order valence-corrected chi connectivity index (χ4v) is 3.86. The van der Waals surface area contributed by atoms with E-state index in [1.54, 1.807) is 12.5 Å². The minimum atomic E-state index is 0.0353. The van der Waals surface area contributed by atoms with Crippen molar-refractivity contribution in [1.82, 2.24) is 25.2 Å². The number of rotatable bonds is 0. The van der Waals surface area contributed by atoms with Crippen LogP contribution in [0.2, 0.25) is 0 Å². The van der Waals surface area contributed by atoms with Crippen LogP contribution in [0.5, 0.6) is 0 Å². The van der Waals surface area contributed by atoms with Gasteiger partial charge < -0.3 is 14.2 Å². The normalized spacial score (nSPS) is 17.1. The van der Waals surface area contributed by atoms with Gasteiger partial charge in [0, 0.05) is 65.9 Å². The number of hydrogen-bond donors (Lipinski definition) is 1. The topological polar surface area (TPSA) is 87.5 Å². The molecule has 38 heavy (non-hydrogen) atoms. The molecule has 1 amide bonds. The van der Waals surface area contributed by atoms with Crippen LogP contribution in [0.15, 0.2) is 29.1 Å². The summed E-state index contributed by atoms with van der Waals surface area (Å²) in [6.45, 7) is 30.7. The zero-order chi connectivity index (χ0) is 29.2. The van der Waals surface area contributed by atoms with Crippen molar-refractivity contribution in [2.45, 2.75) is 118 Å². The third kappa shape index (κ3) is 12.6. The van der Waals surface area contributed by atoms with E-state index < -0.39 is 0 Å². The van der Waals surface area contributed by atoms with Crippen molar-refractivity contribution >= 4 is 5.91 Å². The first-order valence-corrected chi connectivity index (χ1v) is 13.9. The third-order valence-corrected chi connectivity index (χ3v) is 6.36. The Balaban J connectivity index is 0.000000254. The second kappa shape index (κ2) is 14.3. The van der Waals surface area contributed by atoms with Crippen LogP contribution in [0, 0.1) is 0 Å². The molecule has 8 nitrogen and oxygen atoms in total. The van der Waals surface area contributed by atoms with Crippen LogP contribution in [0.4, 0.5) is 0 Å². The Morgan fingerprint density at radius 1 is 0.816 bits per heavy atom. The standard InChI is InChI=1S/C8H17NO.C8H15NO.C7H12N2.C7H11NO/c1-8(2,3)9-4-6-10-7-5-9;1-8(2,3)9-6-4-5-7(9)10;1-7(2,3)6-4-5-8-9-6;1-7(2,3)6-4-5-9-8-6/h4-7H2,1-3H3;4-6H2,1-3H3;4-5H,1-3H3,(H,8,9);4-5H,1-3H3. The maximum absolute atomic E-state index is 11.1. The number of carbonyl (C=O) groups is 1. The molecule has 2 aliphatic heterocycles. The number of aromatic nitrogens is 3. The fourth-order valence-electron chi connectivity index (χ4n) is 3.86. The van der Waals surface area contributed by atoms with E-state index in [0.29, 0.717) is 11.4 Å². The molecule has 218 valence electrons. The molecule has 2 fully saturated rings. The molecule has 8 heteroatoms. The lowest BCUT2D eigenvalue weighted by atomic mass is 9.93. The smallest absolute Gasteiger partial charge is 0.223 e. The second-order valence-electron chi connectivity index (χ2n) is 13.9. The molecule has 0 atom stereocenters. The van der Waals surface area contributed by atoms with Crippen molar-refractivity contribution in [3.63, 3.8) is 0 Å². The highest BCUT2D eigenvalue weighted by Gasteiger charge is 2.29. The Morgan fingerprint density at radius 2 is 1.42 bits per heavy atom. The first kappa shape index (κ1) is 33.8. The maximum Gasteiger partial charge on any atom is 0.223 e. The summed E-state index contributed by atoms with van der Waals surface area (Å²) in [6, 6.07) is 3.89. The number of nitrogens with zero attached hydrogens (tertiary/aromatic N) is 4. The van der Waals surface area contributed by atoms with Crippen LogP contribution in [0.25, 0.3) is 0 Å². The maximum atomic E-state index is 11.1. The monoisotopic (exact) mass is 533 g/mol. The molecule has 0 spiro atoms. The number of ether oxygens (including phenoxy) is 1. The SMILES string of the molecule is CC(C)(C)N1CCCC1=O.CC(C)(C)N1CCOCC1.CC(C)(C)c1ccn[nH]1.CC(C)(C)c1ccon1. The lowest BCUT2D eigenvalue weighted by Gasteiger charge is -2.38. The molecule has 4 heterocycles. The predicted molar refractivity (Wildman–Crippen MR) is 155 cm³/mol. The van der Waals surface area contributed by atoms with Gasteiger partial charge in [0.05, 0.1) is 18.9 Å². The van der Waals surface area contributed by atoms with Gasteiger partial charge in [-0.15, -0.1) is 0 Å². The predicted octanol–water partition coefficient (Wildman–Crippen LogP) is 6.20. The summed E-state index contributed by atoms with van der Waals surface area (Å²) >= 11 is 0. The summed E-state index contributed by atoms with van der Waals surface area (Å²) in [4.78, 5) is 15.6. The van der Waals surface area contributed by atoms with Gasteiger partial charge in [0.1, 0.15) is 6.26 Å². The molecule has 0 aliphatic carbocycles. The van der Waals surface area contributed by atoms with E-state index in [-0.39, 0.29) is 16.4 Å². The number of H-pyrrole nitrogens is 1. The van der Waals surface area contributed by atoms with Crippen LogP contribution in [0.3, 0.4) is 0 Å². The highest BCUT2D eigenvalue weighted by molar-refractivity contribution is 5.78. The number of carbonyl (C=O) groups excluding carboxylic acids is 1. The van der Waals surface area contributed by atoms with Gasteiger partial charge in [-0.1, -0.05) is 46.7 Å². The molecule has 2 saturated heterocycles. The third-order valence-electron chi connectivity index (χ3n) is 6.36. The van der Waals surface area contributed by atoms with Crippen molar-refractivity contribution in [3.05, 3.63) is 36.0 Å². The van der Waals surface area contributed by atoms with Crippen LogP contribution in [-0.2, 0) is 20.4 Å². The van der Waals surface area contributed by atoms with Crippen molar-refractivity contribution in [3.8, 4) is 0 Å². The van der Waals surface area contributed by atoms with Gasteiger partial charge in [0.25, 0.3) is 0 Å². The molecule has 0 saturated carbocycles. The average Bonchev–Trinajstić information content (AvgIpc) is 3.55. The van der Waals surface area contributed by atoms with E-state index in [1.807, 2.05) is 17.0 Å². The Kier molecular flexibility index (Phi) is 12.7. The molecular formula is C30H55N5O3. The number of morpholine rings is 1. The molecule has 4 rings (SSSR count). The highest BCUT2D eigenvalue weighted by atomic mass is 16.5. The van der Waals surface area contributed by atoms with Crippen molar-refractivity contribution < 1.29 is 14.1 Å². The Morgan fingerprint density at radius 3 is 1.66 bits per heavy atom. The summed E-state index contributed by atoms with van der Waals surface area (Å²) in [5.74, 6) is 0.313. The lowest BCUT2D eigenvalue weighted by molar-refractivity contribution is -0.131. The number of nitrogens with one attached hydrogen (secondary N) is 1. The van der Waals surface area contributed by atoms with Gasteiger partial charge in [0.2, 0.25) is 5.91 Å². The zero-order valence-corrected chi connectivity index (χ0v) is 26.3. The number of likely N-dealkylation sites (tertiary alicyclic amines) is 1. The Bertz CT molecular complexity index is 846. The van der Waals surface area contributed by atoms with Gasteiger partial charge in [-0.05, 0) is 54.0 Å². The van der Waals surface area contributed by atoms with Crippen molar-refractivity contribution in [1.29, 1.82) is 0 Å². The number of hydrogen-bond acceptors (Lipinski definition) is 6. The molecule has 2 aromatic rings. The summed E-state index contributed by atoms with van der Waals surface area (Å²) < 4.78 is 9.94. The van der Waals surface area contributed by atoms with E-state index in [0.717, 1.165) is 51.4 Å². The minimum Gasteiger partial charge on any atom is -0.379 e. The summed E-state index contributed by atoms with van der Waals surface area (Å²) in [6.07, 6.45) is 5.16. The van der Waals surface area contributed by atoms with Crippen LogP contribution < -0.4 is 0 Å². The van der Waals surface area contributed by atoms with Gasteiger partial charge in [0.15, 0.2) is 0 Å². The van der Waals surface area contributed by atoms with Gasteiger partial charge in [-0.3, -0.25) is 14.8 Å². The molecule has 0 radical (unpaired) electrons. The van der Waals surface area contributed by atoms with E-state index in [1.165, 1.54) is 5.69 Å². The van der Waals surface area contributed by atoms with Crippen molar-refractivity contribution in [2.24, 2.45) is 0 Å². The van der Waals surface area contributed by atoms with Crippen molar-refractivity contribution in [2.75, 3.05) is 32.8 Å². The lowest BCUT2D eigenvalue weighted by Crippen LogP contribution is -2.47. The van der Waals surface area contributed by atoms with E-state index >= 15 is 0 Å². The molecule has 1 N–H and O–H groups in total. The van der Waals surface area contributed by atoms with Gasteiger partial charge >= 0.3 is 0 Å². The zero-order valence-electron chi connectivity index (χ0n) is 26.3. The highest BCUT2D eigenvalue weighted by Crippen LogP contribution is 2.21. The Hall–Kier alpha value is -2.19. The van der Waals surface area contributed by atoms with Gasteiger partial charge in [-0.2, -0.15) is 5.10 Å². The quantitative estimate of drug-likeness (QED) is 0.434. The number of amides is 1. The molecule has 0 unspecified atom stereocenters. The second-order valence-corrected chi connectivity index (χ2v) is 13.9. The number of aromatic amines is 1. The molecular weight excluding hydrogens is 478 g/mol.